The molecule has 1 N–H and O–H groups in total. The monoisotopic (exact) mass is 413 g/mol. The van der Waals surface area contributed by atoms with E-state index in [4.69, 9.17) is 20.8 Å². The van der Waals surface area contributed by atoms with Crippen LogP contribution in [-0.2, 0) is 11.3 Å². The zero-order chi connectivity index (χ0) is 19.7. The Morgan fingerprint density at radius 2 is 2.04 bits per heavy atom. The second-order valence-corrected chi connectivity index (χ2v) is 7.13. The molecule has 0 bridgehead atoms. The molecule has 140 valence electrons. The highest BCUT2D eigenvalue weighted by Gasteiger charge is 2.16. The summed E-state index contributed by atoms with van der Waals surface area (Å²) in [5.41, 5.74) is 0.984. The molecular weight excluding hydrogens is 402 g/mol. The van der Waals surface area contributed by atoms with E-state index in [2.05, 4.69) is 4.98 Å². The molecule has 0 aliphatic rings. The number of fused-ring (bicyclic) bond motifs is 1. The highest BCUT2D eigenvalue weighted by atomic mass is 35.5. The lowest BCUT2D eigenvalue weighted by molar-refractivity contribution is 0.0468. The molecule has 2 aromatic carbocycles. The summed E-state index contributed by atoms with van der Waals surface area (Å²) in [6, 6.07) is 12.9. The van der Waals surface area contributed by atoms with Crippen molar-refractivity contribution in [1.82, 2.24) is 4.98 Å². The summed E-state index contributed by atoms with van der Waals surface area (Å²) < 4.78 is 10.4. The van der Waals surface area contributed by atoms with E-state index in [0.29, 0.717) is 21.0 Å². The lowest BCUT2D eigenvalue weighted by Crippen LogP contribution is -2.08. The maximum Gasteiger partial charge on any atom is 0.358 e. The summed E-state index contributed by atoms with van der Waals surface area (Å²) >= 11 is 7.45. The third-order valence-corrected chi connectivity index (χ3v) is 5.20. The van der Waals surface area contributed by atoms with Crippen molar-refractivity contribution in [3.8, 4) is 16.3 Å². The molecule has 0 atom stereocenters. The number of thiazole rings is 1. The SMILES string of the molecule is O=C(OCc1cc(=O)oc2cc(O)ccc12)c1csc(-c2ccccc2Cl)n1. The molecular formula is C20H12ClNO5S. The summed E-state index contributed by atoms with van der Waals surface area (Å²) in [5, 5.41) is 12.8. The van der Waals surface area contributed by atoms with Gasteiger partial charge >= 0.3 is 11.6 Å². The summed E-state index contributed by atoms with van der Waals surface area (Å²) in [4.78, 5) is 28.4. The first-order valence-corrected chi connectivity index (χ1v) is 9.40. The van der Waals surface area contributed by atoms with E-state index in [1.807, 2.05) is 18.2 Å². The average molecular weight is 414 g/mol. The van der Waals surface area contributed by atoms with Gasteiger partial charge in [0.15, 0.2) is 5.69 Å². The molecule has 0 aliphatic heterocycles. The molecule has 2 aromatic heterocycles. The van der Waals surface area contributed by atoms with Gasteiger partial charge in [0.05, 0.1) is 5.02 Å². The van der Waals surface area contributed by atoms with Gasteiger partial charge in [-0.05, 0) is 18.2 Å². The van der Waals surface area contributed by atoms with E-state index in [0.717, 1.165) is 5.56 Å². The molecule has 2 heterocycles. The normalized spacial score (nSPS) is 10.9. The first-order chi connectivity index (χ1) is 13.5. The second-order valence-electron chi connectivity index (χ2n) is 5.87. The molecule has 0 fully saturated rings. The molecule has 0 radical (unpaired) electrons. The number of phenols is 1. The Morgan fingerprint density at radius 1 is 1.21 bits per heavy atom. The molecule has 0 saturated heterocycles. The van der Waals surface area contributed by atoms with Crippen LogP contribution in [0.15, 0.2) is 63.1 Å². The lowest BCUT2D eigenvalue weighted by Gasteiger charge is -2.06. The number of phenolic OH excluding ortho intramolecular Hbond substituents is 1. The minimum Gasteiger partial charge on any atom is -0.508 e. The molecule has 0 aliphatic carbocycles. The van der Waals surface area contributed by atoms with Gasteiger partial charge in [0.2, 0.25) is 0 Å². The zero-order valence-corrected chi connectivity index (χ0v) is 15.8. The smallest absolute Gasteiger partial charge is 0.358 e. The number of aromatic hydroxyl groups is 1. The molecule has 8 heteroatoms. The van der Waals surface area contributed by atoms with Crippen molar-refractivity contribution in [2.24, 2.45) is 0 Å². The number of carbonyl (C=O) groups excluding carboxylic acids is 1. The maximum atomic E-state index is 12.4. The summed E-state index contributed by atoms with van der Waals surface area (Å²) in [7, 11) is 0. The van der Waals surface area contributed by atoms with Crippen LogP contribution in [0.4, 0.5) is 0 Å². The largest absolute Gasteiger partial charge is 0.508 e. The third kappa shape index (κ3) is 3.62. The standard InChI is InChI=1S/C20H12ClNO5S/c21-15-4-2-1-3-14(15)19-22-16(10-28-19)20(25)26-9-11-7-18(24)27-17-8-12(23)5-6-13(11)17/h1-8,10,23H,9H2. The quantitative estimate of drug-likeness (QED) is 0.387. The van der Waals surface area contributed by atoms with Crippen molar-refractivity contribution in [2.45, 2.75) is 6.61 Å². The van der Waals surface area contributed by atoms with Gasteiger partial charge in [0.25, 0.3) is 0 Å². The van der Waals surface area contributed by atoms with Crippen LogP contribution in [0.25, 0.3) is 21.5 Å². The fourth-order valence-corrected chi connectivity index (χ4v) is 3.79. The first-order valence-electron chi connectivity index (χ1n) is 8.14. The minimum absolute atomic E-state index is 0.0284. The number of ether oxygens (including phenoxy) is 1. The number of hydrogen-bond acceptors (Lipinski definition) is 7. The predicted octanol–water partition coefficient (Wildman–Crippen LogP) is 4.63. The van der Waals surface area contributed by atoms with E-state index < -0.39 is 11.6 Å². The van der Waals surface area contributed by atoms with Crippen molar-refractivity contribution in [2.75, 3.05) is 0 Å². The number of carbonyl (C=O) groups is 1. The van der Waals surface area contributed by atoms with Crippen LogP contribution in [0.2, 0.25) is 5.02 Å². The Balaban J connectivity index is 1.55. The van der Waals surface area contributed by atoms with Crippen LogP contribution >= 0.6 is 22.9 Å². The van der Waals surface area contributed by atoms with Crippen LogP contribution in [0, 0.1) is 0 Å². The van der Waals surface area contributed by atoms with Crippen LogP contribution in [0.5, 0.6) is 5.75 Å². The fourth-order valence-electron chi connectivity index (χ4n) is 2.68. The molecule has 4 aromatic rings. The molecule has 28 heavy (non-hydrogen) atoms. The van der Waals surface area contributed by atoms with Crippen molar-refractivity contribution in [3.63, 3.8) is 0 Å². The molecule has 6 nitrogen and oxygen atoms in total. The Labute approximate surface area is 167 Å². The maximum absolute atomic E-state index is 12.4. The molecule has 0 saturated carbocycles. The van der Waals surface area contributed by atoms with Gasteiger partial charge < -0.3 is 14.3 Å². The van der Waals surface area contributed by atoms with E-state index in [1.165, 1.54) is 29.5 Å². The number of hydrogen-bond donors (Lipinski definition) is 1. The van der Waals surface area contributed by atoms with Gasteiger partial charge in [-0.2, -0.15) is 0 Å². The number of esters is 1. The van der Waals surface area contributed by atoms with Gasteiger partial charge in [0, 0.05) is 34.0 Å². The van der Waals surface area contributed by atoms with E-state index in [-0.39, 0.29) is 23.6 Å². The van der Waals surface area contributed by atoms with Crippen molar-refractivity contribution in [3.05, 3.63) is 80.6 Å². The number of rotatable bonds is 4. The highest BCUT2D eigenvalue weighted by Crippen LogP contribution is 2.30. The topological polar surface area (TPSA) is 89.6 Å². The van der Waals surface area contributed by atoms with E-state index in [9.17, 15) is 14.7 Å². The Morgan fingerprint density at radius 3 is 2.86 bits per heavy atom. The molecule has 0 unspecified atom stereocenters. The fraction of sp³-hybridized carbons (Fsp3) is 0.0500. The van der Waals surface area contributed by atoms with Crippen LogP contribution in [0.3, 0.4) is 0 Å². The summed E-state index contributed by atoms with van der Waals surface area (Å²) in [6.07, 6.45) is 0. The van der Waals surface area contributed by atoms with Crippen LogP contribution in [-0.4, -0.2) is 16.1 Å². The van der Waals surface area contributed by atoms with Crippen molar-refractivity contribution < 1.29 is 19.1 Å². The Bertz CT molecular complexity index is 1250. The summed E-state index contributed by atoms with van der Waals surface area (Å²) in [5.74, 6) is -0.644. The summed E-state index contributed by atoms with van der Waals surface area (Å²) in [6.45, 7) is -0.134. The zero-order valence-electron chi connectivity index (χ0n) is 14.2. The Kier molecular flexibility index (Phi) is 4.85. The number of nitrogens with zero attached hydrogens (tertiary/aromatic N) is 1. The van der Waals surface area contributed by atoms with Crippen molar-refractivity contribution in [1.29, 1.82) is 0 Å². The number of benzene rings is 2. The van der Waals surface area contributed by atoms with Gasteiger partial charge in [-0.3, -0.25) is 0 Å². The second kappa shape index (κ2) is 7.46. The van der Waals surface area contributed by atoms with E-state index >= 15 is 0 Å². The van der Waals surface area contributed by atoms with E-state index in [1.54, 1.807) is 17.5 Å². The van der Waals surface area contributed by atoms with Crippen LogP contribution in [0.1, 0.15) is 16.1 Å². The van der Waals surface area contributed by atoms with Gasteiger partial charge in [0.1, 0.15) is 22.9 Å². The minimum atomic E-state index is -0.616. The highest BCUT2D eigenvalue weighted by molar-refractivity contribution is 7.13. The Hall–Kier alpha value is -3.16. The van der Waals surface area contributed by atoms with Gasteiger partial charge in [-0.25, -0.2) is 14.6 Å². The predicted molar refractivity (Wildman–Crippen MR) is 106 cm³/mol. The molecule has 4 rings (SSSR count). The van der Waals surface area contributed by atoms with Crippen molar-refractivity contribution >= 4 is 39.9 Å². The number of aromatic nitrogens is 1. The van der Waals surface area contributed by atoms with Gasteiger partial charge in [-0.1, -0.05) is 29.8 Å². The molecule has 0 spiro atoms. The lowest BCUT2D eigenvalue weighted by atomic mass is 10.1. The average Bonchev–Trinajstić information content (AvgIpc) is 3.15. The molecule has 0 amide bonds. The van der Waals surface area contributed by atoms with Gasteiger partial charge in [-0.15, -0.1) is 11.3 Å². The number of halogens is 1. The third-order valence-electron chi connectivity index (χ3n) is 3.99. The van der Waals surface area contributed by atoms with Crippen LogP contribution < -0.4 is 5.63 Å². The first kappa shape index (κ1) is 18.2.